The Morgan fingerprint density at radius 1 is 1.05 bits per heavy atom. The normalized spacial score (nSPS) is 14.3. The number of nitrogens with one attached hydrogen (secondary N) is 2. The fourth-order valence-electron chi connectivity index (χ4n) is 5.15. The highest BCUT2D eigenvalue weighted by Gasteiger charge is 2.30. The van der Waals surface area contributed by atoms with Crippen LogP contribution in [0.2, 0.25) is 0 Å². The zero-order valence-electron chi connectivity index (χ0n) is 24.5. The zero-order valence-corrected chi connectivity index (χ0v) is 24.5. The van der Waals surface area contributed by atoms with E-state index in [0.717, 1.165) is 39.5 Å². The summed E-state index contributed by atoms with van der Waals surface area (Å²) in [5.74, 6) is -4.71. The molecule has 1 atom stereocenters. The van der Waals surface area contributed by atoms with E-state index in [4.69, 9.17) is 10.5 Å². The fourth-order valence-corrected chi connectivity index (χ4v) is 5.15. The Hall–Kier alpha value is -5.20. The predicted molar refractivity (Wildman–Crippen MR) is 154 cm³/mol. The first-order chi connectivity index (χ1) is 20.7. The number of fused-ring (bicyclic) bond motifs is 2. The third kappa shape index (κ3) is 5.98. The van der Waals surface area contributed by atoms with Gasteiger partial charge in [-0.1, -0.05) is 12.1 Å². The van der Waals surface area contributed by atoms with Crippen molar-refractivity contribution in [3.05, 3.63) is 99.0 Å². The van der Waals surface area contributed by atoms with Gasteiger partial charge in [-0.25, -0.2) is 23.1 Å². The largest absolute Gasteiger partial charge is 0.456 e. The number of esters is 1. The van der Waals surface area contributed by atoms with Crippen LogP contribution in [-0.2, 0) is 17.7 Å². The average Bonchev–Trinajstić information content (AvgIpc) is 3.57. The molecule has 11 nitrogen and oxygen atoms in total. The van der Waals surface area contributed by atoms with Gasteiger partial charge in [0.1, 0.15) is 22.6 Å². The van der Waals surface area contributed by atoms with Crippen LogP contribution >= 0.6 is 0 Å². The van der Waals surface area contributed by atoms with Crippen molar-refractivity contribution < 1.29 is 32.7 Å². The molecule has 5 rings (SSSR count). The molecule has 1 aliphatic carbocycles. The van der Waals surface area contributed by atoms with Gasteiger partial charge in [-0.05, 0) is 81.0 Å². The lowest BCUT2D eigenvalue weighted by atomic mass is 9.97. The molecule has 0 saturated carbocycles. The van der Waals surface area contributed by atoms with Crippen molar-refractivity contribution in [2.24, 2.45) is 5.73 Å². The van der Waals surface area contributed by atoms with Gasteiger partial charge in [0.05, 0.1) is 17.8 Å². The van der Waals surface area contributed by atoms with Crippen molar-refractivity contribution in [3.63, 3.8) is 0 Å². The van der Waals surface area contributed by atoms with E-state index in [1.165, 1.54) is 12.1 Å². The van der Waals surface area contributed by atoms with Gasteiger partial charge in [0.25, 0.3) is 17.7 Å². The monoisotopic (exact) mass is 604 g/mol. The van der Waals surface area contributed by atoms with Crippen molar-refractivity contribution in [2.75, 3.05) is 0 Å². The molecule has 4 N–H and O–H groups in total. The Bertz CT molecular complexity index is 1850. The van der Waals surface area contributed by atoms with Crippen LogP contribution in [0.25, 0.3) is 5.65 Å². The molecule has 0 spiro atoms. The number of hydrogen-bond donors (Lipinski definition) is 3. The lowest BCUT2D eigenvalue weighted by Crippen LogP contribution is -2.31. The van der Waals surface area contributed by atoms with Gasteiger partial charge in [0.2, 0.25) is 0 Å². The zero-order chi connectivity index (χ0) is 31.9. The molecule has 4 aromatic rings. The maximum Gasteiger partial charge on any atom is 0.338 e. The summed E-state index contributed by atoms with van der Waals surface area (Å²) >= 11 is 0. The Kier molecular flexibility index (Phi) is 7.89. The summed E-state index contributed by atoms with van der Waals surface area (Å²) < 4.78 is 33.5. The molecule has 2 heterocycles. The second kappa shape index (κ2) is 11.5. The summed E-state index contributed by atoms with van der Waals surface area (Å²) in [7, 11) is 0. The van der Waals surface area contributed by atoms with Gasteiger partial charge in [-0.3, -0.25) is 14.4 Å². The van der Waals surface area contributed by atoms with Crippen molar-refractivity contribution >= 4 is 29.3 Å². The molecule has 3 amide bonds. The van der Waals surface area contributed by atoms with Gasteiger partial charge >= 0.3 is 5.97 Å². The molecular formula is C31H30F2N6O5. The molecule has 44 heavy (non-hydrogen) atoms. The molecule has 2 aromatic carbocycles. The third-order valence-corrected chi connectivity index (χ3v) is 7.26. The van der Waals surface area contributed by atoms with Crippen LogP contribution in [-0.4, -0.2) is 43.9 Å². The molecular weight excluding hydrogens is 574 g/mol. The molecule has 13 heteroatoms. The van der Waals surface area contributed by atoms with Crippen LogP contribution in [0.3, 0.4) is 0 Å². The minimum atomic E-state index is -1.06. The minimum Gasteiger partial charge on any atom is -0.456 e. The summed E-state index contributed by atoms with van der Waals surface area (Å²) in [6.45, 7) is 7.07. The van der Waals surface area contributed by atoms with Crippen molar-refractivity contribution in [3.8, 4) is 0 Å². The SMILES string of the molecule is Cc1c(C(=O)OC(C)(C)C)ccc2c1CC[C@@H]2NC(=O)c1cc(C(=O)NCc2ccc(F)c(F)c2)nc2c(C(N)=O)cnn12. The standard InChI is InChI=1S/C31H30F2N6O5/c1-15-17-8-10-23(19(17)7-6-18(15)30(43)44-31(2,3)4)38-29(42)25-12-24(37-27-20(26(34)40)14-36-39(25)27)28(41)35-13-16-5-9-21(32)22(33)11-16/h5-7,9,11-12,14,23H,8,10,13H2,1-4H3,(H2,34,40)(H,35,41)(H,38,42)/t23-/m0/s1. The Morgan fingerprint density at radius 2 is 1.80 bits per heavy atom. The van der Waals surface area contributed by atoms with E-state index in [1.807, 2.05) is 6.92 Å². The maximum atomic E-state index is 13.6. The number of nitrogens with two attached hydrogens (primary N) is 1. The average molecular weight is 605 g/mol. The van der Waals surface area contributed by atoms with E-state index in [1.54, 1.807) is 32.9 Å². The van der Waals surface area contributed by atoms with Crippen molar-refractivity contribution in [1.29, 1.82) is 0 Å². The van der Waals surface area contributed by atoms with Gasteiger partial charge in [-0.2, -0.15) is 5.10 Å². The molecule has 2 aromatic heterocycles. The molecule has 0 aliphatic heterocycles. The van der Waals surface area contributed by atoms with Crippen molar-refractivity contribution in [1.82, 2.24) is 25.2 Å². The molecule has 0 saturated heterocycles. The Labute approximate surface area is 250 Å². The first-order valence-electron chi connectivity index (χ1n) is 13.8. The number of amides is 3. The topological polar surface area (TPSA) is 158 Å². The van der Waals surface area contributed by atoms with Crippen LogP contribution < -0.4 is 16.4 Å². The number of benzene rings is 2. The van der Waals surface area contributed by atoms with Crippen molar-refractivity contribution in [2.45, 2.75) is 58.7 Å². The quantitative estimate of drug-likeness (QED) is 0.271. The van der Waals surface area contributed by atoms with Gasteiger partial charge in [-0.15, -0.1) is 0 Å². The Morgan fingerprint density at radius 3 is 2.48 bits per heavy atom. The molecule has 0 unspecified atom stereocenters. The number of nitrogens with zero attached hydrogens (tertiary/aromatic N) is 3. The summed E-state index contributed by atoms with van der Waals surface area (Å²) in [4.78, 5) is 55.7. The smallest absolute Gasteiger partial charge is 0.338 e. The van der Waals surface area contributed by atoms with Crippen LogP contribution in [0, 0.1) is 18.6 Å². The number of carbonyl (C=O) groups excluding carboxylic acids is 4. The van der Waals surface area contributed by atoms with Crippen LogP contribution in [0.4, 0.5) is 8.78 Å². The minimum absolute atomic E-state index is 0.0870. The molecule has 228 valence electrons. The van der Waals surface area contributed by atoms with E-state index < -0.39 is 47.0 Å². The molecule has 0 radical (unpaired) electrons. The Balaban J connectivity index is 1.42. The van der Waals surface area contributed by atoms with E-state index in [2.05, 4.69) is 20.7 Å². The number of halogens is 2. The number of ether oxygens (including phenoxy) is 1. The first-order valence-corrected chi connectivity index (χ1v) is 13.8. The van der Waals surface area contributed by atoms with Gasteiger partial charge in [0, 0.05) is 12.6 Å². The van der Waals surface area contributed by atoms with Crippen LogP contribution in [0.5, 0.6) is 0 Å². The van der Waals surface area contributed by atoms with E-state index in [9.17, 15) is 28.0 Å². The number of aromatic nitrogens is 3. The second-order valence-electron chi connectivity index (χ2n) is 11.5. The van der Waals surface area contributed by atoms with Gasteiger partial charge < -0.3 is 21.1 Å². The highest BCUT2D eigenvalue weighted by molar-refractivity contribution is 6.02. The number of rotatable bonds is 7. The molecule has 0 fully saturated rings. The lowest BCUT2D eigenvalue weighted by molar-refractivity contribution is 0.00682. The summed E-state index contributed by atoms with van der Waals surface area (Å²) in [6.07, 6.45) is 2.32. The fraction of sp³-hybridized carbons (Fsp3) is 0.290. The van der Waals surface area contributed by atoms with E-state index in [-0.39, 0.29) is 29.1 Å². The van der Waals surface area contributed by atoms with Crippen LogP contribution in [0.15, 0.2) is 42.6 Å². The predicted octanol–water partition coefficient (Wildman–Crippen LogP) is 3.72. The summed E-state index contributed by atoms with van der Waals surface area (Å²) in [5, 5.41) is 9.61. The highest BCUT2D eigenvalue weighted by atomic mass is 19.2. The number of primary amides is 1. The number of carbonyl (C=O) groups is 4. The maximum absolute atomic E-state index is 13.6. The first kappa shape index (κ1) is 30.3. The summed E-state index contributed by atoms with van der Waals surface area (Å²) in [5.41, 5.74) is 7.61. The second-order valence-corrected chi connectivity index (χ2v) is 11.5. The van der Waals surface area contributed by atoms with Crippen LogP contribution in [0.1, 0.15) is 97.2 Å². The third-order valence-electron chi connectivity index (χ3n) is 7.26. The highest BCUT2D eigenvalue weighted by Crippen LogP contribution is 2.35. The lowest BCUT2D eigenvalue weighted by Gasteiger charge is -2.21. The van der Waals surface area contributed by atoms with Gasteiger partial charge in [0.15, 0.2) is 17.3 Å². The molecule has 0 bridgehead atoms. The summed E-state index contributed by atoms with van der Waals surface area (Å²) in [6, 6.07) is 7.48. The van der Waals surface area contributed by atoms with E-state index in [0.29, 0.717) is 24.0 Å². The number of hydrogen-bond acceptors (Lipinski definition) is 7. The molecule has 1 aliphatic rings. The van der Waals surface area contributed by atoms with E-state index >= 15 is 0 Å².